The third-order valence-corrected chi connectivity index (χ3v) is 1.19. The summed E-state index contributed by atoms with van der Waals surface area (Å²) in [5, 5.41) is 0. The Hall–Kier alpha value is -0.410. The average molecular weight is 146 g/mol. The predicted octanol–water partition coefficient (Wildman–Crippen LogP) is 0.627. The molecule has 10 heavy (non-hydrogen) atoms. The van der Waals surface area contributed by atoms with E-state index in [4.69, 9.17) is 9.47 Å². The summed E-state index contributed by atoms with van der Waals surface area (Å²) in [4.78, 5) is 9.81. The van der Waals surface area contributed by atoms with Crippen LogP contribution in [0, 0.1) is 0 Å². The van der Waals surface area contributed by atoms with Crippen molar-refractivity contribution in [1.29, 1.82) is 0 Å². The quantitative estimate of drug-likeness (QED) is 0.421. The molecule has 0 unspecified atom stereocenters. The van der Waals surface area contributed by atoms with Gasteiger partial charge in [0.1, 0.15) is 12.9 Å². The second-order valence-corrected chi connectivity index (χ2v) is 2.65. The summed E-state index contributed by atoms with van der Waals surface area (Å²) in [7, 11) is 1.62. The van der Waals surface area contributed by atoms with Crippen molar-refractivity contribution >= 4 is 6.29 Å². The van der Waals surface area contributed by atoms with Gasteiger partial charge in [0.25, 0.3) is 0 Å². The summed E-state index contributed by atoms with van der Waals surface area (Å²) < 4.78 is 9.99. The number of methoxy groups -OCH3 is 1. The van der Waals surface area contributed by atoms with Crippen LogP contribution in [0.2, 0.25) is 0 Å². The van der Waals surface area contributed by atoms with E-state index in [2.05, 4.69) is 0 Å². The first-order valence-corrected chi connectivity index (χ1v) is 3.19. The van der Waals surface area contributed by atoms with Crippen LogP contribution < -0.4 is 0 Å². The first kappa shape index (κ1) is 9.59. The van der Waals surface area contributed by atoms with E-state index in [-0.39, 0.29) is 12.2 Å². The normalized spacial score (nSPS) is 11.5. The summed E-state index contributed by atoms with van der Waals surface area (Å²) in [5.74, 6) is 0. The van der Waals surface area contributed by atoms with Crippen LogP contribution in [-0.2, 0) is 14.3 Å². The van der Waals surface area contributed by atoms with Crippen LogP contribution in [0.25, 0.3) is 0 Å². The van der Waals surface area contributed by atoms with Gasteiger partial charge in [0.05, 0.1) is 12.2 Å². The maximum absolute atomic E-state index is 9.81. The van der Waals surface area contributed by atoms with E-state index in [0.29, 0.717) is 6.61 Å². The largest absolute Gasteiger partial charge is 0.376 e. The maximum atomic E-state index is 9.81. The molecule has 0 radical (unpaired) electrons. The van der Waals surface area contributed by atoms with Crippen molar-refractivity contribution in [1.82, 2.24) is 0 Å². The summed E-state index contributed by atoms with van der Waals surface area (Å²) in [5.41, 5.74) is -0.289. The van der Waals surface area contributed by atoms with E-state index in [1.54, 1.807) is 7.11 Å². The van der Waals surface area contributed by atoms with Crippen LogP contribution in [-0.4, -0.2) is 32.2 Å². The topological polar surface area (TPSA) is 35.5 Å². The van der Waals surface area contributed by atoms with Gasteiger partial charge in [-0.25, -0.2) is 0 Å². The van der Waals surface area contributed by atoms with Crippen LogP contribution in [0.5, 0.6) is 0 Å². The lowest BCUT2D eigenvalue weighted by Crippen LogP contribution is -2.29. The zero-order valence-corrected chi connectivity index (χ0v) is 6.72. The number of aldehydes is 1. The molecule has 0 bridgehead atoms. The minimum atomic E-state index is -0.289. The summed E-state index contributed by atoms with van der Waals surface area (Å²) >= 11 is 0. The first-order valence-electron chi connectivity index (χ1n) is 3.19. The van der Waals surface area contributed by atoms with Gasteiger partial charge in [-0.05, 0) is 13.8 Å². The average Bonchev–Trinajstić information content (AvgIpc) is 1.89. The van der Waals surface area contributed by atoms with Crippen molar-refractivity contribution in [3.05, 3.63) is 0 Å². The fourth-order valence-corrected chi connectivity index (χ4v) is 0.412. The molecule has 3 heteroatoms. The Bertz CT molecular complexity index is 99.0. The highest BCUT2D eigenvalue weighted by molar-refractivity contribution is 5.50. The first-order chi connectivity index (χ1) is 4.62. The van der Waals surface area contributed by atoms with Crippen molar-refractivity contribution in [2.24, 2.45) is 0 Å². The molecular weight excluding hydrogens is 132 g/mol. The lowest BCUT2D eigenvalue weighted by atomic mass is 10.1. The third kappa shape index (κ3) is 4.47. The molecule has 0 aliphatic heterocycles. The van der Waals surface area contributed by atoms with E-state index in [1.165, 1.54) is 0 Å². The van der Waals surface area contributed by atoms with E-state index in [9.17, 15) is 4.79 Å². The Kier molecular flexibility index (Phi) is 4.23. The molecule has 0 N–H and O–H groups in total. The Labute approximate surface area is 61.3 Å². The molecule has 0 aliphatic rings. The molecule has 0 aromatic carbocycles. The van der Waals surface area contributed by atoms with E-state index < -0.39 is 0 Å². The molecule has 0 aliphatic carbocycles. The zero-order valence-electron chi connectivity index (χ0n) is 6.72. The molecular formula is C7H14O3. The number of ether oxygens (including phenoxy) is 2. The third-order valence-electron chi connectivity index (χ3n) is 1.19. The monoisotopic (exact) mass is 146 g/mol. The van der Waals surface area contributed by atoms with Gasteiger partial charge < -0.3 is 14.3 Å². The van der Waals surface area contributed by atoms with Crippen LogP contribution in [0.4, 0.5) is 0 Å². The van der Waals surface area contributed by atoms with Gasteiger partial charge in [0, 0.05) is 7.11 Å². The SMILES string of the molecule is COC(C)(C)COCC=O. The highest BCUT2D eigenvalue weighted by Crippen LogP contribution is 2.06. The van der Waals surface area contributed by atoms with Gasteiger partial charge in [-0.2, -0.15) is 0 Å². The molecule has 0 rings (SSSR count). The van der Waals surface area contributed by atoms with Gasteiger partial charge in [-0.1, -0.05) is 0 Å². The Morgan fingerprint density at radius 3 is 2.50 bits per heavy atom. The Balaban J connectivity index is 3.36. The second-order valence-electron chi connectivity index (χ2n) is 2.65. The molecule has 0 spiro atoms. The molecule has 60 valence electrons. The van der Waals surface area contributed by atoms with E-state index in [1.807, 2.05) is 13.8 Å². The van der Waals surface area contributed by atoms with Crippen molar-refractivity contribution in [2.45, 2.75) is 19.4 Å². The van der Waals surface area contributed by atoms with Gasteiger partial charge in [-0.15, -0.1) is 0 Å². The lowest BCUT2D eigenvalue weighted by molar-refractivity contribution is -0.115. The molecule has 0 fully saturated rings. The minimum absolute atomic E-state index is 0.146. The number of carbonyl (C=O) groups excluding carboxylic acids is 1. The predicted molar refractivity (Wildman–Crippen MR) is 38.0 cm³/mol. The van der Waals surface area contributed by atoms with Crippen LogP contribution in [0.3, 0.4) is 0 Å². The van der Waals surface area contributed by atoms with Crippen molar-refractivity contribution in [2.75, 3.05) is 20.3 Å². The minimum Gasteiger partial charge on any atom is -0.376 e. The van der Waals surface area contributed by atoms with Gasteiger partial charge in [0.2, 0.25) is 0 Å². The van der Waals surface area contributed by atoms with E-state index >= 15 is 0 Å². The Morgan fingerprint density at radius 1 is 1.50 bits per heavy atom. The zero-order chi connectivity index (χ0) is 8.04. The fraction of sp³-hybridized carbons (Fsp3) is 0.857. The molecule has 0 saturated carbocycles. The summed E-state index contributed by atoms with van der Waals surface area (Å²) in [6.45, 7) is 4.39. The number of rotatable bonds is 5. The lowest BCUT2D eigenvalue weighted by Gasteiger charge is -2.21. The maximum Gasteiger partial charge on any atom is 0.145 e. The second kappa shape index (κ2) is 4.41. The molecule has 0 aromatic rings. The molecule has 0 heterocycles. The van der Waals surface area contributed by atoms with Crippen molar-refractivity contribution < 1.29 is 14.3 Å². The number of hydrogen-bond acceptors (Lipinski definition) is 3. The van der Waals surface area contributed by atoms with Crippen LogP contribution in [0.15, 0.2) is 0 Å². The molecule has 0 amide bonds. The smallest absolute Gasteiger partial charge is 0.145 e. The fourth-order valence-electron chi connectivity index (χ4n) is 0.412. The van der Waals surface area contributed by atoms with E-state index in [0.717, 1.165) is 6.29 Å². The number of carbonyl (C=O) groups is 1. The summed E-state index contributed by atoms with van der Waals surface area (Å²) in [6, 6.07) is 0. The van der Waals surface area contributed by atoms with Gasteiger partial charge in [-0.3, -0.25) is 0 Å². The Morgan fingerprint density at radius 2 is 2.10 bits per heavy atom. The van der Waals surface area contributed by atoms with Crippen LogP contribution in [0.1, 0.15) is 13.8 Å². The molecule has 0 saturated heterocycles. The standard InChI is InChI=1S/C7H14O3/c1-7(2,9-3)6-10-5-4-8/h4H,5-6H2,1-3H3. The highest BCUT2D eigenvalue weighted by Gasteiger charge is 2.15. The molecule has 0 aromatic heterocycles. The van der Waals surface area contributed by atoms with Gasteiger partial charge in [0.15, 0.2) is 0 Å². The van der Waals surface area contributed by atoms with Crippen LogP contribution >= 0.6 is 0 Å². The number of hydrogen-bond donors (Lipinski definition) is 0. The molecule has 3 nitrogen and oxygen atoms in total. The van der Waals surface area contributed by atoms with Crippen molar-refractivity contribution in [3.63, 3.8) is 0 Å². The molecule has 0 atom stereocenters. The van der Waals surface area contributed by atoms with Crippen molar-refractivity contribution in [3.8, 4) is 0 Å². The highest BCUT2D eigenvalue weighted by atomic mass is 16.5. The van der Waals surface area contributed by atoms with Gasteiger partial charge >= 0.3 is 0 Å². The summed E-state index contributed by atoms with van der Waals surface area (Å²) in [6.07, 6.45) is 0.728.